The molecule has 4 aromatic rings. The van der Waals surface area contributed by atoms with E-state index in [9.17, 15) is 14.7 Å². The topological polar surface area (TPSA) is 89.0 Å². The van der Waals surface area contributed by atoms with Crippen LogP contribution in [0.1, 0.15) is 56.7 Å². The largest absolute Gasteiger partial charge is 0.392 e. The van der Waals surface area contributed by atoms with Gasteiger partial charge in [0.05, 0.1) is 40.7 Å². The SMILES string of the molecule is C[C@@H]1[C@H](CSc2ccccn2)O[C@H](c2ccc(N3C(=O)c4ccccc4C3=O)cc2)O[C@@H]1c1ccc(CO)cc1. The lowest BCUT2D eigenvalue weighted by molar-refractivity contribution is -0.268. The van der Waals surface area contributed by atoms with Gasteiger partial charge in [0, 0.05) is 23.4 Å². The lowest BCUT2D eigenvalue weighted by atomic mass is 9.91. The number of hydrogen-bond acceptors (Lipinski definition) is 7. The monoisotopic (exact) mass is 552 g/mol. The molecule has 2 amide bonds. The quantitative estimate of drug-likeness (QED) is 0.224. The summed E-state index contributed by atoms with van der Waals surface area (Å²) in [5.41, 5.74) is 3.95. The van der Waals surface area contributed by atoms with E-state index in [4.69, 9.17) is 9.47 Å². The smallest absolute Gasteiger partial charge is 0.266 e. The highest BCUT2D eigenvalue weighted by Crippen LogP contribution is 2.43. The molecule has 0 bridgehead atoms. The molecule has 1 N–H and O–H groups in total. The Balaban J connectivity index is 1.25. The van der Waals surface area contributed by atoms with Crippen molar-refractivity contribution in [2.75, 3.05) is 10.7 Å². The zero-order chi connectivity index (χ0) is 27.6. The van der Waals surface area contributed by atoms with Gasteiger partial charge in [-0.2, -0.15) is 0 Å². The number of aromatic nitrogens is 1. The fourth-order valence-electron chi connectivity index (χ4n) is 5.11. The number of ether oxygens (including phenoxy) is 2. The van der Waals surface area contributed by atoms with Crippen molar-refractivity contribution < 1.29 is 24.2 Å². The molecule has 0 spiro atoms. The van der Waals surface area contributed by atoms with Crippen LogP contribution in [0.2, 0.25) is 0 Å². The second-order valence-corrected chi connectivity index (χ2v) is 10.9. The second kappa shape index (κ2) is 11.3. The third-order valence-electron chi connectivity index (χ3n) is 7.37. The van der Waals surface area contributed by atoms with Gasteiger partial charge in [0.2, 0.25) is 0 Å². The van der Waals surface area contributed by atoms with Crippen LogP contribution in [-0.2, 0) is 16.1 Å². The number of pyridine rings is 1. The lowest BCUT2D eigenvalue weighted by Crippen LogP contribution is -2.38. The van der Waals surface area contributed by atoms with Gasteiger partial charge < -0.3 is 14.6 Å². The molecule has 7 nitrogen and oxygen atoms in total. The van der Waals surface area contributed by atoms with Crippen LogP contribution in [0.5, 0.6) is 0 Å². The average Bonchev–Trinajstić information content (AvgIpc) is 3.26. The van der Waals surface area contributed by atoms with E-state index in [1.807, 2.05) is 54.6 Å². The molecule has 0 unspecified atom stereocenters. The van der Waals surface area contributed by atoms with Crippen molar-refractivity contribution in [1.29, 1.82) is 0 Å². The molecule has 6 rings (SSSR count). The van der Waals surface area contributed by atoms with Gasteiger partial charge in [0.15, 0.2) is 6.29 Å². The van der Waals surface area contributed by atoms with Crippen LogP contribution in [-0.4, -0.2) is 33.8 Å². The molecule has 8 heteroatoms. The van der Waals surface area contributed by atoms with E-state index in [0.717, 1.165) is 21.7 Å². The Morgan fingerprint density at radius 2 is 1.48 bits per heavy atom. The van der Waals surface area contributed by atoms with Gasteiger partial charge in [0.1, 0.15) is 0 Å². The maximum Gasteiger partial charge on any atom is 0.266 e. The highest BCUT2D eigenvalue weighted by Gasteiger charge is 2.39. The van der Waals surface area contributed by atoms with E-state index in [-0.39, 0.29) is 36.5 Å². The molecule has 0 aliphatic carbocycles. The lowest BCUT2D eigenvalue weighted by Gasteiger charge is -2.41. The van der Waals surface area contributed by atoms with E-state index < -0.39 is 6.29 Å². The van der Waals surface area contributed by atoms with Gasteiger partial charge in [-0.25, -0.2) is 9.88 Å². The van der Waals surface area contributed by atoms with E-state index >= 15 is 0 Å². The number of fused-ring (bicyclic) bond motifs is 1. The first kappa shape index (κ1) is 26.4. The number of aliphatic hydroxyl groups excluding tert-OH is 1. The minimum absolute atomic E-state index is 0.0180. The van der Waals surface area contributed by atoms with Crippen LogP contribution >= 0.6 is 11.8 Å². The Morgan fingerprint density at radius 3 is 2.10 bits per heavy atom. The number of carbonyl (C=O) groups is 2. The van der Waals surface area contributed by atoms with E-state index in [2.05, 4.69) is 11.9 Å². The predicted molar refractivity (Wildman–Crippen MR) is 152 cm³/mol. The summed E-state index contributed by atoms with van der Waals surface area (Å²) in [4.78, 5) is 31.5. The molecule has 2 aliphatic rings. The summed E-state index contributed by atoms with van der Waals surface area (Å²) in [7, 11) is 0. The van der Waals surface area contributed by atoms with Crippen molar-refractivity contribution >= 4 is 29.3 Å². The summed E-state index contributed by atoms with van der Waals surface area (Å²) >= 11 is 1.64. The number of thioether (sulfide) groups is 1. The van der Waals surface area contributed by atoms with Gasteiger partial charge in [-0.1, -0.05) is 61.5 Å². The Hall–Kier alpha value is -3.82. The zero-order valence-corrected chi connectivity index (χ0v) is 22.7. The van der Waals surface area contributed by atoms with Crippen molar-refractivity contribution in [3.8, 4) is 0 Å². The van der Waals surface area contributed by atoms with Crippen molar-refractivity contribution in [2.24, 2.45) is 5.92 Å². The second-order valence-electron chi connectivity index (χ2n) is 9.88. The summed E-state index contributed by atoms with van der Waals surface area (Å²) in [6.07, 6.45) is 0.756. The van der Waals surface area contributed by atoms with Crippen LogP contribution in [0.15, 0.2) is 102 Å². The molecule has 3 heterocycles. The predicted octanol–water partition coefficient (Wildman–Crippen LogP) is 5.96. The summed E-state index contributed by atoms with van der Waals surface area (Å²) in [5, 5.41) is 10.4. The number of imide groups is 1. The zero-order valence-electron chi connectivity index (χ0n) is 21.8. The van der Waals surface area contributed by atoms with Crippen LogP contribution in [0.4, 0.5) is 5.69 Å². The van der Waals surface area contributed by atoms with Crippen molar-refractivity contribution in [3.05, 3.63) is 125 Å². The Bertz CT molecular complexity index is 1480. The normalized spacial score (nSPS) is 22.4. The van der Waals surface area contributed by atoms with Gasteiger partial charge in [-0.15, -0.1) is 11.8 Å². The van der Waals surface area contributed by atoms with Gasteiger partial charge in [-0.05, 0) is 47.5 Å². The van der Waals surface area contributed by atoms with Crippen LogP contribution in [0.25, 0.3) is 0 Å². The molecule has 0 radical (unpaired) electrons. The molecule has 1 saturated heterocycles. The molecule has 1 fully saturated rings. The fourth-order valence-corrected chi connectivity index (χ4v) is 6.14. The first-order chi connectivity index (χ1) is 19.5. The number of anilines is 1. The number of nitrogens with zero attached hydrogens (tertiary/aromatic N) is 2. The summed E-state index contributed by atoms with van der Waals surface area (Å²) in [6.45, 7) is 2.10. The first-order valence-corrected chi connectivity index (χ1v) is 14.1. The summed E-state index contributed by atoms with van der Waals surface area (Å²) in [6, 6.07) is 27.7. The number of rotatable bonds is 7. The third-order valence-corrected chi connectivity index (χ3v) is 8.41. The van der Waals surface area contributed by atoms with E-state index in [1.165, 1.54) is 4.90 Å². The molecule has 2 aliphatic heterocycles. The third kappa shape index (κ3) is 5.07. The minimum Gasteiger partial charge on any atom is -0.392 e. The van der Waals surface area contributed by atoms with Gasteiger partial charge in [0.25, 0.3) is 11.8 Å². The fraction of sp³-hybridized carbons (Fsp3) is 0.219. The molecule has 1 aromatic heterocycles. The maximum absolute atomic E-state index is 12.9. The van der Waals surface area contributed by atoms with Crippen molar-refractivity contribution in [3.63, 3.8) is 0 Å². The van der Waals surface area contributed by atoms with Crippen LogP contribution in [0, 0.1) is 5.92 Å². The van der Waals surface area contributed by atoms with E-state index in [0.29, 0.717) is 22.6 Å². The molecule has 202 valence electrons. The number of benzene rings is 3. The van der Waals surface area contributed by atoms with Gasteiger partial charge in [-0.3, -0.25) is 9.59 Å². The maximum atomic E-state index is 12.9. The molecular weight excluding hydrogens is 524 g/mol. The minimum atomic E-state index is -0.649. The van der Waals surface area contributed by atoms with Crippen molar-refractivity contribution in [1.82, 2.24) is 4.98 Å². The number of aliphatic hydroxyl groups is 1. The highest BCUT2D eigenvalue weighted by atomic mass is 32.2. The Morgan fingerprint density at radius 1 is 0.825 bits per heavy atom. The number of hydrogen-bond donors (Lipinski definition) is 1. The van der Waals surface area contributed by atoms with E-state index in [1.54, 1.807) is 54.4 Å². The molecule has 3 aromatic carbocycles. The summed E-state index contributed by atoms with van der Waals surface area (Å²) in [5.74, 6) is 0.0804. The molecule has 4 atom stereocenters. The molecule has 0 saturated carbocycles. The Kier molecular flexibility index (Phi) is 7.49. The summed E-state index contributed by atoms with van der Waals surface area (Å²) < 4.78 is 13.0. The molecule has 40 heavy (non-hydrogen) atoms. The van der Waals surface area contributed by atoms with Gasteiger partial charge >= 0.3 is 0 Å². The highest BCUT2D eigenvalue weighted by molar-refractivity contribution is 7.99. The molecular formula is C32H28N2O5S. The average molecular weight is 553 g/mol. The first-order valence-electron chi connectivity index (χ1n) is 13.2. The number of carbonyl (C=O) groups excluding carboxylic acids is 2. The number of amides is 2. The Labute approximate surface area is 236 Å². The standard InChI is InChI=1S/C32H28N2O5S/c1-20-27(19-40-28-8-4-5-17-33-28)38-32(39-29(20)22-11-9-21(18-35)10-12-22)23-13-15-24(16-14-23)34-30(36)25-6-2-3-7-26(25)31(34)37/h2-17,20,27,29,32,35H,18-19H2,1H3/t20-,27+,29+,32+/m1/s1. The van der Waals surface area contributed by atoms with Crippen molar-refractivity contribution in [2.45, 2.75) is 37.1 Å². The van der Waals surface area contributed by atoms with Crippen LogP contribution < -0.4 is 4.90 Å². The van der Waals surface area contributed by atoms with Crippen LogP contribution in [0.3, 0.4) is 0 Å².